The van der Waals surface area contributed by atoms with Gasteiger partial charge in [0.15, 0.2) is 0 Å². The maximum atomic E-state index is 12.3. The van der Waals surface area contributed by atoms with E-state index < -0.39 is 0 Å². The third kappa shape index (κ3) is 4.63. The number of thioether (sulfide) groups is 1. The maximum absolute atomic E-state index is 12.3. The molecule has 1 amide bonds. The standard InChI is InChI=1S/C19H23NOS/c1-13-5-9-17(10-6-13)15(3)20-19(21)16(4)22-18-11-7-14(2)8-12-18/h5-12,15-16H,1-4H3,(H,20,21)/t15-,16+/m1/s1. The van der Waals surface area contributed by atoms with Gasteiger partial charge in [0.1, 0.15) is 0 Å². The molecule has 116 valence electrons. The highest BCUT2D eigenvalue weighted by Gasteiger charge is 2.17. The second-order valence-electron chi connectivity index (χ2n) is 5.71. The van der Waals surface area contributed by atoms with E-state index in [2.05, 4.69) is 67.7 Å². The summed E-state index contributed by atoms with van der Waals surface area (Å²) in [5.74, 6) is 0.0682. The van der Waals surface area contributed by atoms with Crippen molar-refractivity contribution >= 4 is 17.7 Å². The second kappa shape index (κ2) is 7.50. The van der Waals surface area contributed by atoms with Crippen molar-refractivity contribution in [2.75, 3.05) is 0 Å². The molecule has 0 fully saturated rings. The number of amides is 1. The maximum Gasteiger partial charge on any atom is 0.233 e. The van der Waals surface area contributed by atoms with Crippen LogP contribution in [-0.4, -0.2) is 11.2 Å². The van der Waals surface area contributed by atoms with Crippen molar-refractivity contribution in [3.8, 4) is 0 Å². The monoisotopic (exact) mass is 313 g/mol. The molecule has 2 nitrogen and oxygen atoms in total. The molecule has 3 heteroatoms. The van der Waals surface area contributed by atoms with Crippen LogP contribution in [0.1, 0.15) is 36.6 Å². The first-order valence-electron chi connectivity index (χ1n) is 7.56. The van der Waals surface area contributed by atoms with Crippen molar-refractivity contribution < 1.29 is 4.79 Å². The van der Waals surface area contributed by atoms with Gasteiger partial charge in [-0.25, -0.2) is 0 Å². The normalized spacial score (nSPS) is 13.5. The van der Waals surface area contributed by atoms with E-state index in [1.807, 2.05) is 13.8 Å². The van der Waals surface area contributed by atoms with Gasteiger partial charge in [0, 0.05) is 4.90 Å². The Labute approximate surface area is 137 Å². The van der Waals surface area contributed by atoms with Gasteiger partial charge in [-0.15, -0.1) is 11.8 Å². The highest BCUT2D eigenvalue weighted by atomic mass is 32.2. The highest BCUT2D eigenvalue weighted by molar-refractivity contribution is 8.00. The Hall–Kier alpha value is -1.74. The number of rotatable bonds is 5. The third-order valence-corrected chi connectivity index (χ3v) is 4.75. The highest BCUT2D eigenvalue weighted by Crippen LogP contribution is 2.24. The summed E-state index contributed by atoms with van der Waals surface area (Å²) in [5.41, 5.74) is 3.59. The van der Waals surface area contributed by atoms with Gasteiger partial charge in [0.25, 0.3) is 0 Å². The van der Waals surface area contributed by atoms with Gasteiger partial charge in [-0.3, -0.25) is 4.79 Å². The predicted molar refractivity (Wildman–Crippen MR) is 94.2 cm³/mol. The van der Waals surface area contributed by atoms with Gasteiger partial charge in [-0.2, -0.15) is 0 Å². The Kier molecular flexibility index (Phi) is 5.67. The molecule has 2 rings (SSSR count). The lowest BCUT2D eigenvalue weighted by molar-refractivity contribution is -0.120. The zero-order valence-electron chi connectivity index (χ0n) is 13.6. The molecule has 22 heavy (non-hydrogen) atoms. The Balaban J connectivity index is 1.93. The van der Waals surface area contributed by atoms with E-state index in [0.717, 1.165) is 10.5 Å². The van der Waals surface area contributed by atoms with E-state index in [0.29, 0.717) is 0 Å². The first-order valence-corrected chi connectivity index (χ1v) is 8.44. The summed E-state index contributed by atoms with van der Waals surface area (Å²) in [6.45, 7) is 8.09. The lowest BCUT2D eigenvalue weighted by Crippen LogP contribution is -2.33. The second-order valence-corrected chi connectivity index (χ2v) is 7.13. The first-order chi connectivity index (χ1) is 10.5. The van der Waals surface area contributed by atoms with E-state index in [-0.39, 0.29) is 17.2 Å². The Bertz CT molecular complexity index is 619. The fourth-order valence-corrected chi connectivity index (χ4v) is 3.02. The van der Waals surface area contributed by atoms with E-state index in [1.165, 1.54) is 11.1 Å². The van der Waals surface area contributed by atoms with Gasteiger partial charge < -0.3 is 5.32 Å². The minimum Gasteiger partial charge on any atom is -0.349 e. The van der Waals surface area contributed by atoms with Crippen LogP contribution in [0, 0.1) is 13.8 Å². The number of hydrogen-bond donors (Lipinski definition) is 1. The molecular weight excluding hydrogens is 290 g/mol. The fourth-order valence-electron chi connectivity index (χ4n) is 2.14. The number of nitrogens with one attached hydrogen (secondary N) is 1. The summed E-state index contributed by atoms with van der Waals surface area (Å²) in [6.07, 6.45) is 0. The van der Waals surface area contributed by atoms with Gasteiger partial charge in [0.05, 0.1) is 11.3 Å². The summed E-state index contributed by atoms with van der Waals surface area (Å²) < 4.78 is 0. The lowest BCUT2D eigenvalue weighted by atomic mass is 10.1. The average Bonchev–Trinajstić information content (AvgIpc) is 2.50. The van der Waals surface area contributed by atoms with E-state index in [4.69, 9.17) is 0 Å². The summed E-state index contributed by atoms with van der Waals surface area (Å²) in [7, 11) is 0. The molecule has 2 aromatic rings. The molecule has 0 aliphatic rings. The largest absolute Gasteiger partial charge is 0.349 e. The minimum atomic E-state index is -0.115. The van der Waals surface area contributed by atoms with E-state index in [9.17, 15) is 4.79 Å². The van der Waals surface area contributed by atoms with Crippen molar-refractivity contribution in [3.05, 3.63) is 65.2 Å². The SMILES string of the molecule is Cc1ccc(S[C@@H](C)C(=O)N[C@H](C)c2ccc(C)cc2)cc1. The van der Waals surface area contributed by atoms with Gasteiger partial charge in [0.2, 0.25) is 5.91 Å². The van der Waals surface area contributed by atoms with Crippen LogP contribution in [0.5, 0.6) is 0 Å². The molecule has 0 heterocycles. The molecular formula is C19H23NOS. The molecule has 0 bridgehead atoms. The van der Waals surface area contributed by atoms with Crippen LogP contribution < -0.4 is 5.32 Å². The van der Waals surface area contributed by atoms with Gasteiger partial charge in [-0.05, 0) is 45.4 Å². The predicted octanol–water partition coefficient (Wildman–Crippen LogP) is 4.66. The minimum absolute atomic E-state index is 0.0224. The summed E-state index contributed by atoms with van der Waals surface area (Å²) in [6, 6.07) is 16.6. The molecule has 0 aromatic heterocycles. The van der Waals surface area contributed by atoms with E-state index >= 15 is 0 Å². The quantitative estimate of drug-likeness (QED) is 0.813. The molecule has 0 saturated carbocycles. The topological polar surface area (TPSA) is 29.1 Å². The van der Waals surface area contributed by atoms with E-state index in [1.54, 1.807) is 11.8 Å². The Morgan fingerprint density at radius 1 is 0.909 bits per heavy atom. The van der Waals surface area contributed by atoms with Gasteiger partial charge in [-0.1, -0.05) is 47.5 Å². The van der Waals surface area contributed by atoms with Crippen molar-refractivity contribution in [2.24, 2.45) is 0 Å². The molecule has 0 radical (unpaired) electrons. The molecule has 2 atom stereocenters. The van der Waals surface area contributed by atoms with Crippen LogP contribution in [-0.2, 0) is 4.79 Å². The third-order valence-electron chi connectivity index (χ3n) is 3.64. The molecule has 0 spiro atoms. The number of aryl methyl sites for hydroxylation is 2. The molecule has 0 saturated heterocycles. The molecule has 0 aliphatic carbocycles. The molecule has 2 aromatic carbocycles. The van der Waals surface area contributed by atoms with Crippen molar-refractivity contribution in [2.45, 2.75) is 43.9 Å². The van der Waals surface area contributed by atoms with Crippen molar-refractivity contribution in [1.82, 2.24) is 5.32 Å². The average molecular weight is 313 g/mol. The molecule has 0 unspecified atom stereocenters. The van der Waals surface area contributed by atoms with Crippen LogP contribution >= 0.6 is 11.8 Å². The number of carbonyl (C=O) groups excluding carboxylic acids is 1. The number of carbonyl (C=O) groups is 1. The van der Waals surface area contributed by atoms with Crippen LogP contribution in [0.2, 0.25) is 0 Å². The van der Waals surface area contributed by atoms with Gasteiger partial charge >= 0.3 is 0 Å². The Morgan fingerprint density at radius 3 is 1.95 bits per heavy atom. The fraction of sp³-hybridized carbons (Fsp3) is 0.316. The zero-order chi connectivity index (χ0) is 16.1. The summed E-state index contributed by atoms with van der Waals surface area (Å²) in [4.78, 5) is 13.5. The van der Waals surface area contributed by atoms with Crippen LogP contribution in [0.3, 0.4) is 0 Å². The first kappa shape index (κ1) is 16.6. The summed E-state index contributed by atoms with van der Waals surface area (Å²) in [5, 5.41) is 2.97. The van der Waals surface area contributed by atoms with Crippen molar-refractivity contribution in [3.63, 3.8) is 0 Å². The Morgan fingerprint density at radius 2 is 1.41 bits per heavy atom. The van der Waals surface area contributed by atoms with Crippen LogP contribution in [0.4, 0.5) is 0 Å². The van der Waals surface area contributed by atoms with Crippen LogP contribution in [0.25, 0.3) is 0 Å². The summed E-state index contributed by atoms with van der Waals surface area (Å²) >= 11 is 1.59. The smallest absolute Gasteiger partial charge is 0.233 e. The van der Waals surface area contributed by atoms with Crippen molar-refractivity contribution in [1.29, 1.82) is 0 Å². The number of hydrogen-bond acceptors (Lipinski definition) is 2. The number of benzene rings is 2. The van der Waals surface area contributed by atoms with Crippen LogP contribution in [0.15, 0.2) is 53.4 Å². The molecule has 1 N–H and O–H groups in total. The zero-order valence-corrected chi connectivity index (χ0v) is 14.4. The lowest BCUT2D eigenvalue weighted by Gasteiger charge is -2.18. The molecule has 0 aliphatic heterocycles.